The molecule has 4 heteroatoms. The molecular weight excluding hydrogens is 214 g/mol. The molecule has 0 radical (unpaired) electrons. The smallest absolute Gasteiger partial charge is 0.257 e. The van der Waals surface area contributed by atoms with Crippen molar-refractivity contribution in [2.75, 3.05) is 12.3 Å². The quantitative estimate of drug-likeness (QED) is 0.870. The van der Waals surface area contributed by atoms with Gasteiger partial charge in [0, 0.05) is 18.8 Å². The van der Waals surface area contributed by atoms with Gasteiger partial charge in [-0.3, -0.25) is 4.79 Å². The van der Waals surface area contributed by atoms with Crippen LogP contribution in [0.4, 0.5) is 5.82 Å². The van der Waals surface area contributed by atoms with Crippen LogP contribution in [0.25, 0.3) is 0 Å². The monoisotopic (exact) mass is 235 g/mol. The predicted molar refractivity (Wildman–Crippen MR) is 69.7 cm³/mol. The molecule has 0 unspecified atom stereocenters. The first-order valence-corrected chi connectivity index (χ1v) is 5.95. The van der Waals surface area contributed by atoms with E-state index in [2.05, 4.69) is 18.8 Å². The zero-order valence-electron chi connectivity index (χ0n) is 11.0. The maximum atomic E-state index is 12.3. The van der Waals surface area contributed by atoms with Crippen LogP contribution in [0.15, 0.2) is 18.3 Å². The summed E-state index contributed by atoms with van der Waals surface area (Å²) in [5, 5.41) is 0. The first-order chi connectivity index (χ1) is 7.93. The highest BCUT2D eigenvalue weighted by Gasteiger charge is 2.21. The maximum absolute atomic E-state index is 12.3. The number of rotatable bonds is 4. The predicted octanol–water partition coefficient (Wildman–Crippen LogP) is 2.17. The molecule has 17 heavy (non-hydrogen) atoms. The first kappa shape index (κ1) is 13.5. The van der Waals surface area contributed by atoms with Gasteiger partial charge in [0.1, 0.15) is 5.82 Å². The lowest BCUT2D eigenvalue weighted by Crippen LogP contribution is -2.39. The Kier molecular flexibility index (Phi) is 4.49. The molecular formula is C13H21N3O. The van der Waals surface area contributed by atoms with Crippen molar-refractivity contribution in [1.82, 2.24) is 9.88 Å². The summed E-state index contributed by atoms with van der Waals surface area (Å²) < 4.78 is 0. The molecule has 0 bridgehead atoms. The van der Waals surface area contributed by atoms with Crippen LogP contribution in [0.2, 0.25) is 0 Å². The fourth-order valence-electron chi connectivity index (χ4n) is 1.67. The standard InChI is InChI=1S/C13H21N3O/c1-9(2)8-16(10(3)4)13(17)11-6-5-7-15-12(11)14/h5-7,9-10H,8H2,1-4H3,(H2,14,15). The van der Waals surface area contributed by atoms with Gasteiger partial charge in [0.05, 0.1) is 5.56 Å². The lowest BCUT2D eigenvalue weighted by molar-refractivity contribution is 0.0682. The van der Waals surface area contributed by atoms with Crippen molar-refractivity contribution in [2.24, 2.45) is 5.92 Å². The number of hydrogen-bond donors (Lipinski definition) is 1. The van der Waals surface area contributed by atoms with Crippen LogP contribution in [0.5, 0.6) is 0 Å². The number of amides is 1. The number of nitrogens with zero attached hydrogens (tertiary/aromatic N) is 2. The van der Waals surface area contributed by atoms with Gasteiger partial charge in [-0.15, -0.1) is 0 Å². The Hall–Kier alpha value is -1.58. The summed E-state index contributed by atoms with van der Waals surface area (Å²) in [5.74, 6) is 0.686. The lowest BCUT2D eigenvalue weighted by atomic mass is 10.1. The van der Waals surface area contributed by atoms with Crippen molar-refractivity contribution < 1.29 is 4.79 Å². The van der Waals surface area contributed by atoms with Gasteiger partial charge in [-0.1, -0.05) is 13.8 Å². The van der Waals surface area contributed by atoms with Crippen molar-refractivity contribution in [3.05, 3.63) is 23.9 Å². The van der Waals surface area contributed by atoms with E-state index in [1.807, 2.05) is 18.7 Å². The van der Waals surface area contributed by atoms with E-state index in [1.54, 1.807) is 18.3 Å². The van der Waals surface area contributed by atoms with Crippen LogP contribution < -0.4 is 5.73 Å². The Bertz CT molecular complexity index is 388. The van der Waals surface area contributed by atoms with Gasteiger partial charge in [0.15, 0.2) is 0 Å². The zero-order valence-corrected chi connectivity index (χ0v) is 11.0. The summed E-state index contributed by atoms with van der Waals surface area (Å²) in [6.45, 7) is 8.93. The number of pyridine rings is 1. The molecule has 94 valence electrons. The van der Waals surface area contributed by atoms with Crippen molar-refractivity contribution in [3.8, 4) is 0 Å². The van der Waals surface area contributed by atoms with Crippen LogP contribution in [0, 0.1) is 5.92 Å². The highest BCUT2D eigenvalue weighted by Crippen LogP contribution is 2.14. The fourth-order valence-corrected chi connectivity index (χ4v) is 1.67. The molecule has 0 aliphatic rings. The number of anilines is 1. The number of aromatic nitrogens is 1. The van der Waals surface area contributed by atoms with Gasteiger partial charge in [-0.2, -0.15) is 0 Å². The van der Waals surface area contributed by atoms with Crippen LogP contribution in [0.3, 0.4) is 0 Å². The number of nitrogens with two attached hydrogens (primary N) is 1. The van der Waals surface area contributed by atoms with Crippen LogP contribution in [-0.4, -0.2) is 28.4 Å². The number of nitrogen functional groups attached to an aromatic ring is 1. The number of carbonyl (C=O) groups is 1. The summed E-state index contributed by atoms with van der Waals surface area (Å²) in [5.41, 5.74) is 6.22. The minimum atomic E-state index is -0.0423. The highest BCUT2D eigenvalue weighted by molar-refractivity contribution is 5.98. The van der Waals surface area contributed by atoms with Gasteiger partial charge < -0.3 is 10.6 Å². The molecule has 0 atom stereocenters. The molecule has 1 heterocycles. The lowest BCUT2D eigenvalue weighted by Gasteiger charge is -2.28. The molecule has 0 aromatic carbocycles. The molecule has 0 aliphatic heterocycles. The maximum Gasteiger partial charge on any atom is 0.257 e. The average molecular weight is 235 g/mol. The molecule has 1 rings (SSSR count). The van der Waals surface area contributed by atoms with Gasteiger partial charge in [-0.05, 0) is 31.9 Å². The summed E-state index contributed by atoms with van der Waals surface area (Å²) in [4.78, 5) is 18.1. The second-order valence-corrected chi connectivity index (χ2v) is 4.88. The molecule has 1 aromatic heterocycles. The van der Waals surface area contributed by atoms with Crippen molar-refractivity contribution in [2.45, 2.75) is 33.7 Å². The summed E-state index contributed by atoms with van der Waals surface area (Å²) >= 11 is 0. The Morgan fingerprint density at radius 3 is 2.53 bits per heavy atom. The van der Waals surface area contributed by atoms with E-state index >= 15 is 0 Å². The minimum absolute atomic E-state index is 0.0423. The molecule has 1 aromatic rings. The summed E-state index contributed by atoms with van der Waals surface area (Å²) in [6.07, 6.45) is 1.59. The first-order valence-electron chi connectivity index (χ1n) is 5.95. The van der Waals surface area contributed by atoms with E-state index < -0.39 is 0 Å². The van der Waals surface area contributed by atoms with E-state index in [1.165, 1.54) is 0 Å². The molecule has 0 aliphatic carbocycles. The zero-order chi connectivity index (χ0) is 13.0. The van der Waals surface area contributed by atoms with E-state index in [0.29, 0.717) is 17.3 Å². The van der Waals surface area contributed by atoms with Crippen LogP contribution in [-0.2, 0) is 0 Å². The molecule has 0 fully saturated rings. The van der Waals surface area contributed by atoms with Crippen LogP contribution in [0.1, 0.15) is 38.1 Å². The third-order valence-electron chi connectivity index (χ3n) is 2.51. The van der Waals surface area contributed by atoms with Crippen molar-refractivity contribution in [3.63, 3.8) is 0 Å². The Balaban J connectivity index is 2.96. The van der Waals surface area contributed by atoms with Gasteiger partial charge >= 0.3 is 0 Å². The summed E-state index contributed by atoms with van der Waals surface area (Å²) in [7, 11) is 0. The van der Waals surface area contributed by atoms with Gasteiger partial charge in [-0.25, -0.2) is 4.98 Å². The SMILES string of the molecule is CC(C)CN(C(=O)c1cccnc1N)C(C)C. The van der Waals surface area contributed by atoms with E-state index in [0.717, 1.165) is 6.54 Å². The normalized spacial score (nSPS) is 10.9. The molecule has 0 saturated carbocycles. The van der Waals surface area contributed by atoms with Crippen LogP contribution >= 0.6 is 0 Å². The Labute approximate surface area is 103 Å². The van der Waals surface area contributed by atoms with E-state index in [4.69, 9.17) is 5.73 Å². The highest BCUT2D eigenvalue weighted by atomic mass is 16.2. The average Bonchev–Trinajstić information content (AvgIpc) is 2.25. The van der Waals surface area contributed by atoms with Gasteiger partial charge in [0.25, 0.3) is 5.91 Å². The molecule has 0 saturated heterocycles. The second-order valence-electron chi connectivity index (χ2n) is 4.88. The second kappa shape index (κ2) is 5.66. The molecule has 1 amide bonds. The van der Waals surface area contributed by atoms with Gasteiger partial charge in [0.2, 0.25) is 0 Å². The number of hydrogen-bond acceptors (Lipinski definition) is 3. The third kappa shape index (κ3) is 3.44. The van der Waals surface area contributed by atoms with Crippen molar-refractivity contribution in [1.29, 1.82) is 0 Å². The Morgan fingerprint density at radius 1 is 1.41 bits per heavy atom. The van der Waals surface area contributed by atoms with E-state index in [9.17, 15) is 4.79 Å². The largest absolute Gasteiger partial charge is 0.383 e. The fraction of sp³-hybridized carbons (Fsp3) is 0.538. The molecule has 0 spiro atoms. The summed E-state index contributed by atoms with van der Waals surface area (Å²) in [6, 6.07) is 3.61. The Morgan fingerprint density at radius 2 is 2.06 bits per heavy atom. The minimum Gasteiger partial charge on any atom is -0.383 e. The third-order valence-corrected chi connectivity index (χ3v) is 2.51. The molecule has 4 nitrogen and oxygen atoms in total. The topological polar surface area (TPSA) is 59.2 Å². The van der Waals surface area contributed by atoms with E-state index in [-0.39, 0.29) is 11.9 Å². The number of carbonyl (C=O) groups excluding carboxylic acids is 1. The molecule has 2 N–H and O–H groups in total. The van der Waals surface area contributed by atoms with Crippen molar-refractivity contribution >= 4 is 11.7 Å².